The van der Waals surface area contributed by atoms with Gasteiger partial charge >= 0.3 is 0 Å². The van der Waals surface area contributed by atoms with Crippen molar-refractivity contribution in [2.24, 2.45) is 0 Å². The molecule has 0 atom stereocenters. The molecule has 2 rings (SSSR count). The lowest BCUT2D eigenvalue weighted by Gasteiger charge is -2.02. The second kappa shape index (κ2) is 4.43. The van der Waals surface area contributed by atoms with E-state index in [0.29, 0.717) is 0 Å². The molecule has 0 radical (unpaired) electrons. The average Bonchev–Trinajstić information content (AvgIpc) is 2.60. The molecule has 0 aliphatic heterocycles. The Bertz CT molecular complexity index is 481. The Morgan fingerprint density at radius 2 is 2.13 bits per heavy atom. The number of halogens is 1. The van der Waals surface area contributed by atoms with Gasteiger partial charge in [-0.1, -0.05) is 34.1 Å². The number of hydrogen-bond donors (Lipinski definition) is 1. The zero-order valence-electron chi connectivity index (χ0n) is 8.20. The number of aliphatic hydroxyl groups excluding tert-OH is 1. The summed E-state index contributed by atoms with van der Waals surface area (Å²) in [6.45, 7) is 1.99. The molecular weight excluding hydrogens is 274 g/mol. The van der Waals surface area contributed by atoms with Crippen molar-refractivity contribution in [2.45, 2.75) is 13.5 Å². The summed E-state index contributed by atoms with van der Waals surface area (Å²) in [5, 5.41) is 10.2. The summed E-state index contributed by atoms with van der Waals surface area (Å²) in [6, 6.07) is 7.91. The highest BCUT2D eigenvalue weighted by molar-refractivity contribution is 9.10. The van der Waals surface area contributed by atoms with Gasteiger partial charge in [0.25, 0.3) is 0 Å². The lowest BCUT2D eigenvalue weighted by Crippen LogP contribution is -1.86. The van der Waals surface area contributed by atoms with Crippen molar-refractivity contribution in [2.75, 3.05) is 0 Å². The largest absolute Gasteiger partial charge is 0.391 e. The number of nitrogens with zero attached hydrogens (tertiary/aromatic N) is 1. The number of aromatic nitrogens is 1. The van der Waals surface area contributed by atoms with Gasteiger partial charge in [0.05, 0.1) is 22.2 Å². The summed E-state index contributed by atoms with van der Waals surface area (Å²) >= 11 is 5.02. The van der Waals surface area contributed by atoms with Gasteiger partial charge in [-0.15, -0.1) is 11.3 Å². The van der Waals surface area contributed by atoms with Crippen molar-refractivity contribution in [3.63, 3.8) is 0 Å². The normalized spacial score (nSPS) is 10.6. The first-order chi connectivity index (χ1) is 7.22. The van der Waals surface area contributed by atoms with Crippen molar-refractivity contribution in [3.05, 3.63) is 38.6 Å². The molecule has 2 nitrogen and oxygen atoms in total. The first-order valence-electron chi connectivity index (χ1n) is 4.54. The van der Waals surface area contributed by atoms with Gasteiger partial charge in [-0.3, -0.25) is 0 Å². The second-order valence-electron chi connectivity index (χ2n) is 3.14. The number of hydrogen-bond acceptors (Lipinski definition) is 3. The minimum atomic E-state index is 0.0438. The Balaban J connectivity index is 2.58. The third kappa shape index (κ3) is 2.12. The van der Waals surface area contributed by atoms with E-state index in [2.05, 4.69) is 20.9 Å². The van der Waals surface area contributed by atoms with Crippen molar-refractivity contribution in [1.82, 2.24) is 4.98 Å². The molecule has 0 aliphatic carbocycles. The molecule has 0 aliphatic rings. The Kier molecular flexibility index (Phi) is 3.19. The van der Waals surface area contributed by atoms with E-state index < -0.39 is 0 Å². The van der Waals surface area contributed by atoms with E-state index >= 15 is 0 Å². The van der Waals surface area contributed by atoms with Gasteiger partial charge in [0.2, 0.25) is 0 Å². The van der Waals surface area contributed by atoms with Crippen LogP contribution in [0.25, 0.3) is 11.3 Å². The minimum Gasteiger partial charge on any atom is -0.391 e. The number of thiazole rings is 1. The number of aryl methyl sites for hydroxylation is 1. The quantitative estimate of drug-likeness (QED) is 0.917. The number of rotatable bonds is 2. The smallest absolute Gasteiger partial charge is 0.0905 e. The van der Waals surface area contributed by atoms with Crippen LogP contribution in [0, 0.1) is 6.92 Å². The Labute approximate surface area is 101 Å². The highest BCUT2D eigenvalue weighted by Crippen LogP contribution is 2.32. The van der Waals surface area contributed by atoms with Gasteiger partial charge in [-0.25, -0.2) is 4.98 Å². The van der Waals surface area contributed by atoms with Crippen LogP contribution in [0.4, 0.5) is 0 Å². The predicted molar refractivity (Wildman–Crippen MR) is 65.9 cm³/mol. The van der Waals surface area contributed by atoms with Gasteiger partial charge < -0.3 is 5.11 Å². The first kappa shape index (κ1) is 10.8. The SMILES string of the molecule is Cc1nc(-c2ccccc2Br)c(CO)s1. The van der Waals surface area contributed by atoms with Gasteiger partial charge in [0.1, 0.15) is 0 Å². The summed E-state index contributed by atoms with van der Waals surface area (Å²) in [5.74, 6) is 0. The fraction of sp³-hybridized carbons (Fsp3) is 0.182. The standard InChI is InChI=1S/C11H10BrNOS/c1-7-13-11(10(6-14)15-7)8-4-2-3-5-9(8)12/h2-5,14H,6H2,1H3. The van der Waals surface area contributed by atoms with Gasteiger partial charge in [0.15, 0.2) is 0 Å². The molecule has 0 bridgehead atoms. The zero-order valence-corrected chi connectivity index (χ0v) is 10.6. The number of aliphatic hydroxyl groups is 1. The van der Waals surface area contributed by atoms with E-state index in [1.54, 1.807) is 0 Å². The molecule has 4 heteroatoms. The maximum Gasteiger partial charge on any atom is 0.0905 e. The Morgan fingerprint density at radius 1 is 1.40 bits per heavy atom. The summed E-state index contributed by atoms with van der Waals surface area (Å²) in [4.78, 5) is 5.36. The predicted octanol–water partition coefficient (Wildman–Crippen LogP) is 3.37. The van der Waals surface area contributed by atoms with Crippen LogP contribution in [0.5, 0.6) is 0 Å². The molecule has 2 aromatic rings. The third-order valence-electron chi connectivity index (χ3n) is 2.08. The summed E-state index contributed by atoms with van der Waals surface area (Å²) in [6.07, 6.45) is 0. The fourth-order valence-corrected chi connectivity index (χ4v) is 2.72. The van der Waals surface area contributed by atoms with E-state index in [9.17, 15) is 5.11 Å². The van der Waals surface area contributed by atoms with Crippen LogP contribution in [0.3, 0.4) is 0 Å². The van der Waals surface area contributed by atoms with Crippen molar-refractivity contribution in [1.29, 1.82) is 0 Å². The van der Waals surface area contributed by atoms with E-state index in [0.717, 1.165) is 25.6 Å². The highest BCUT2D eigenvalue weighted by Gasteiger charge is 2.12. The van der Waals surface area contributed by atoms with Gasteiger partial charge in [-0.05, 0) is 13.0 Å². The zero-order chi connectivity index (χ0) is 10.8. The first-order valence-corrected chi connectivity index (χ1v) is 6.15. The van der Waals surface area contributed by atoms with Crippen LogP contribution in [0.2, 0.25) is 0 Å². The summed E-state index contributed by atoms with van der Waals surface area (Å²) in [5.41, 5.74) is 1.92. The maximum absolute atomic E-state index is 9.24. The molecule has 15 heavy (non-hydrogen) atoms. The molecule has 0 saturated heterocycles. The summed E-state index contributed by atoms with van der Waals surface area (Å²) < 4.78 is 1.00. The molecule has 1 N–H and O–H groups in total. The van der Waals surface area contributed by atoms with E-state index in [1.165, 1.54) is 11.3 Å². The molecule has 1 heterocycles. The molecule has 1 aromatic heterocycles. The van der Waals surface area contributed by atoms with Crippen LogP contribution in [0.15, 0.2) is 28.7 Å². The van der Waals surface area contributed by atoms with Crippen LogP contribution < -0.4 is 0 Å². The Hall–Kier alpha value is -0.710. The average molecular weight is 284 g/mol. The van der Waals surface area contributed by atoms with Crippen molar-refractivity contribution >= 4 is 27.3 Å². The van der Waals surface area contributed by atoms with Gasteiger partial charge in [0, 0.05) is 10.0 Å². The third-order valence-corrected chi connectivity index (χ3v) is 3.72. The van der Waals surface area contributed by atoms with Crippen molar-refractivity contribution in [3.8, 4) is 11.3 Å². The molecule has 0 saturated carbocycles. The molecule has 1 aromatic carbocycles. The molecule has 0 spiro atoms. The lowest BCUT2D eigenvalue weighted by atomic mass is 10.1. The maximum atomic E-state index is 9.24. The van der Waals surface area contributed by atoms with E-state index in [4.69, 9.17) is 0 Å². The Morgan fingerprint density at radius 3 is 2.80 bits per heavy atom. The lowest BCUT2D eigenvalue weighted by molar-refractivity contribution is 0.286. The van der Waals surface area contributed by atoms with Crippen molar-refractivity contribution < 1.29 is 5.11 Å². The topological polar surface area (TPSA) is 33.1 Å². The minimum absolute atomic E-state index is 0.0438. The van der Waals surface area contributed by atoms with Crippen LogP contribution in [-0.2, 0) is 6.61 Å². The van der Waals surface area contributed by atoms with Crippen LogP contribution in [-0.4, -0.2) is 10.1 Å². The fourth-order valence-electron chi connectivity index (χ4n) is 1.44. The highest BCUT2D eigenvalue weighted by atomic mass is 79.9. The summed E-state index contributed by atoms with van der Waals surface area (Å²) in [7, 11) is 0. The van der Waals surface area contributed by atoms with Crippen LogP contribution in [0.1, 0.15) is 9.88 Å². The monoisotopic (exact) mass is 283 g/mol. The molecule has 0 fully saturated rings. The molecule has 78 valence electrons. The van der Waals surface area contributed by atoms with Crippen LogP contribution >= 0.6 is 27.3 Å². The second-order valence-corrected chi connectivity index (χ2v) is 5.28. The molecule has 0 amide bonds. The molecular formula is C11H10BrNOS. The van der Waals surface area contributed by atoms with Gasteiger partial charge in [-0.2, -0.15) is 0 Å². The van der Waals surface area contributed by atoms with E-state index in [1.807, 2.05) is 31.2 Å². The van der Waals surface area contributed by atoms with E-state index in [-0.39, 0.29) is 6.61 Å². The molecule has 0 unspecified atom stereocenters. The number of benzene rings is 1.